The van der Waals surface area contributed by atoms with E-state index in [2.05, 4.69) is 0 Å². The Morgan fingerprint density at radius 3 is 2.52 bits per heavy atom. The van der Waals surface area contributed by atoms with E-state index in [4.69, 9.17) is 32.7 Å². The highest BCUT2D eigenvalue weighted by molar-refractivity contribution is 6.36. The van der Waals surface area contributed by atoms with E-state index in [1.165, 1.54) is 18.2 Å². The van der Waals surface area contributed by atoms with Crippen LogP contribution in [0.4, 0.5) is 0 Å². The Labute approximate surface area is 150 Å². The molecule has 2 aliphatic rings. The zero-order valence-corrected chi connectivity index (χ0v) is 14.0. The molecule has 0 spiro atoms. The molecule has 2 fully saturated rings. The summed E-state index contributed by atoms with van der Waals surface area (Å²) in [7, 11) is 0. The SMILES string of the molecule is O=C1O[C@@H]2[C@@H](O)CO[C@]2(O)[C@@]1(O)C(C[N+](=O)[O-])c1c(Cl)cccc1Cl. The fourth-order valence-corrected chi connectivity index (χ4v) is 3.96. The first-order valence-electron chi connectivity index (χ1n) is 7.16. The monoisotopic (exact) mass is 393 g/mol. The summed E-state index contributed by atoms with van der Waals surface area (Å²) in [6.07, 6.45) is -3.00. The number of esters is 1. The third kappa shape index (κ3) is 2.50. The number of fused-ring (bicyclic) bond motifs is 1. The third-order valence-corrected chi connectivity index (χ3v) is 5.14. The first-order valence-corrected chi connectivity index (χ1v) is 7.92. The summed E-state index contributed by atoms with van der Waals surface area (Å²) in [6.45, 7) is -1.43. The number of nitro groups is 1. The number of carbonyl (C=O) groups excluding carboxylic acids is 1. The van der Waals surface area contributed by atoms with Crippen molar-refractivity contribution in [3.05, 3.63) is 43.9 Å². The minimum absolute atomic E-state index is 0.0498. The summed E-state index contributed by atoms with van der Waals surface area (Å²) >= 11 is 12.1. The molecule has 11 heteroatoms. The third-order valence-electron chi connectivity index (χ3n) is 4.48. The van der Waals surface area contributed by atoms with Gasteiger partial charge in [-0.05, 0) is 12.1 Å². The van der Waals surface area contributed by atoms with Gasteiger partial charge < -0.3 is 24.8 Å². The van der Waals surface area contributed by atoms with Gasteiger partial charge in [0.2, 0.25) is 17.9 Å². The Hall–Kier alpha value is -1.49. The molecule has 1 aromatic rings. The van der Waals surface area contributed by atoms with Gasteiger partial charge in [0.15, 0.2) is 6.10 Å². The van der Waals surface area contributed by atoms with Crippen LogP contribution in [0.2, 0.25) is 10.0 Å². The van der Waals surface area contributed by atoms with Crippen LogP contribution in [0, 0.1) is 10.1 Å². The quantitative estimate of drug-likeness (QED) is 0.371. The van der Waals surface area contributed by atoms with Crippen LogP contribution in [0.25, 0.3) is 0 Å². The largest absolute Gasteiger partial charge is 0.451 e. The summed E-state index contributed by atoms with van der Waals surface area (Å²) in [6, 6.07) is 4.21. The lowest BCUT2D eigenvalue weighted by Gasteiger charge is -2.36. The maximum Gasteiger partial charge on any atom is 0.345 e. The van der Waals surface area contributed by atoms with E-state index in [1.807, 2.05) is 0 Å². The van der Waals surface area contributed by atoms with E-state index in [9.17, 15) is 30.2 Å². The lowest BCUT2D eigenvalue weighted by Crippen LogP contribution is -2.62. The van der Waals surface area contributed by atoms with Crippen molar-refractivity contribution in [3.8, 4) is 0 Å². The number of aliphatic hydroxyl groups excluding tert-OH is 1. The Morgan fingerprint density at radius 2 is 1.96 bits per heavy atom. The number of benzene rings is 1. The molecule has 3 N–H and O–H groups in total. The predicted molar refractivity (Wildman–Crippen MR) is 82.8 cm³/mol. The van der Waals surface area contributed by atoms with Crippen LogP contribution in [0.15, 0.2) is 18.2 Å². The van der Waals surface area contributed by atoms with Gasteiger partial charge in [-0.3, -0.25) is 10.1 Å². The van der Waals surface area contributed by atoms with Crippen molar-refractivity contribution in [3.63, 3.8) is 0 Å². The maximum absolute atomic E-state index is 12.3. The zero-order valence-electron chi connectivity index (χ0n) is 12.5. The number of nitrogens with zero attached hydrogens (tertiary/aromatic N) is 1. The molecule has 136 valence electrons. The second kappa shape index (κ2) is 6.04. The highest BCUT2D eigenvalue weighted by atomic mass is 35.5. The number of carbonyl (C=O) groups is 1. The van der Waals surface area contributed by atoms with Crippen LogP contribution in [0.1, 0.15) is 11.5 Å². The molecule has 0 aromatic heterocycles. The van der Waals surface area contributed by atoms with E-state index in [0.29, 0.717) is 0 Å². The van der Waals surface area contributed by atoms with Crippen LogP contribution < -0.4 is 0 Å². The zero-order chi connectivity index (χ0) is 18.6. The van der Waals surface area contributed by atoms with E-state index in [-0.39, 0.29) is 15.6 Å². The topological polar surface area (TPSA) is 139 Å². The molecule has 0 aliphatic carbocycles. The molecule has 2 heterocycles. The molecule has 5 atom stereocenters. The Balaban J connectivity index is 2.19. The van der Waals surface area contributed by atoms with Gasteiger partial charge in [0.25, 0.3) is 0 Å². The van der Waals surface area contributed by atoms with Crippen molar-refractivity contribution in [2.45, 2.75) is 29.5 Å². The summed E-state index contributed by atoms with van der Waals surface area (Å²) < 4.78 is 9.88. The summed E-state index contributed by atoms with van der Waals surface area (Å²) in [5.74, 6) is -5.75. The molecular formula is C14H13Cl2NO8. The lowest BCUT2D eigenvalue weighted by molar-refractivity contribution is -0.489. The number of hydrogen-bond acceptors (Lipinski definition) is 8. The van der Waals surface area contributed by atoms with Crippen molar-refractivity contribution < 1.29 is 34.5 Å². The molecule has 2 aliphatic heterocycles. The average Bonchev–Trinajstić information content (AvgIpc) is 2.92. The second-order valence-corrected chi connectivity index (χ2v) is 6.68. The first-order chi connectivity index (χ1) is 11.6. The Kier molecular flexibility index (Phi) is 4.43. The molecular weight excluding hydrogens is 381 g/mol. The van der Waals surface area contributed by atoms with Crippen LogP contribution in [-0.2, 0) is 14.3 Å². The van der Waals surface area contributed by atoms with Crippen molar-refractivity contribution in [1.29, 1.82) is 0 Å². The van der Waals surface area contributed by atoms with Gasteiger partial charge in [-0.2, -0.15) is 0 Å². The fourth-order valence-electron chi connectivity index (χ4n) is 3.30. The minimum atomic E-state index is -2.89. The number of ether oxygens (including phenoxy) is 2. The van der Waals surface area contributed by atoms with Crippen molar-refractivity contribution in [1.82, 2.24) is 0 Å². The molecule has 0 saturated carbocycles. The van der Waals surface area contributed by atoms with Crippen LogP contribution >= 0.6 is 23.2 Å². The molecule has 0 radical (unpaired) electrons. The van der Waals surface area contributed by atoms with Gasteiger partial charge >= 0.3 is 5.97 Å². The van der Waals surface area contributed by atoms with Gasteiger partial charge in [0.05, 0.1) is 12.5 Å². The highest BCUT2D eigenvalue weighted by Crippen LogP contribution is 2.51. The van der Waals surface area contributed by atoms with Gasteiger partial charge in [-0.15, -0.1) is 0 Å². The van der Waals surface area contributed by atoms with E-state index < -0.39 is 53.6 Å². The molecule has 1 unspecified atom stereocenters. The number of aliphatic hydroxyl groups is 3. The van der Waals surface area contributed by atoms with E-state index >= 15 is 0 Å². The normalized spacial score (nSPS) is 35.3. The van der Waals surface area contributed by atoms with Crippen molar-refractivity contribution in [2.75, 3.05) is 13.2 Å². The van der Waals surface area contributed by atoms with Gasteiger partial charge in [-0.1, -0.05) is 29.3 Å². The van der Waals surface area contributed by atoms with Crippen LogP contribution in [0.3, 0.4) is 0 Å². The molecule has 9 nitrogen and oxygen atoms in total. The Bertz CT molecular complexity index is 725. The minimum Gasteiger partial charge on any atom is -0.451 e. The molecule has 2 saturated heterocycles. The lowest BCUT2D eigenvalue weighted by atomic mass is 9.76. The second-order valence-electron chi connectivity index (χ2n) is 5.87. The molecule has 0 bridgehead atoms. The Morgan fingerprint density at radius 1 is 1.36 bits per heavy atom. The predicted octanol–water partition coefficient (Wildman–Crippen LogP) is 0.0899. The molecule has 0 amide bonds. The molecule has 3 rings (SSSR count). The number of halogens is 2. The fraction of sp³-hybridized carbons (Fsp3) is 0.500. The van der Waals surface area contributed by atoms with Gasteiger partial charge in [-0.25, -0.2) is 4.79 Å². The highest BCUT2D eigenvalue weighted by Gasteiger charge is 2.77. The van der Waals surface area contributed by atoms with E-state index in [0.717, 1.165) is 0 Å². The first kappa shape index (κ1) is 18.3. The average molecular weight is 394 g/mol. The van der Waals surface area contributed by atoms with Crippen LogP contribution in [-0.4, -0.2) is 63.0 Å². The maximum atomic E-state index is 12.3. The molecule has 25 heavy (non-hydrogen) atoms. The summed E-state index contributed by atoms with van der Waals surface area (Å²) in [5.41, 5.74) is -3.00. The van der Waals surface area contributed by atoms with Crippen molar-refractivity contribution >= 4 is 29.2 Å². The number of hydrogen-bond donors (Lipinski definition) is 3. The smallest absolute Gasteiger partial charge is 0.345 e. The number of rotatable bonds is 4. The van der Waals surface area contributed by atoms with Gasteiger partial charge in [0, 0.05) is 20.5 Å². The van der Waals surface area contributed by atoms with E-state index in [1.54, 1.807) is 0 Å². The van der Waals surface area contributed by atoms with Gasteiger partial charge in [0.1, 0.15) is 6.10 Å². The summed E-state index contributed by atoms with van der Waals surface area (Å²) in [4.78, 5) is 22.7. The van der Waals surface area contributed by atoms with Crippen LogP contribution in [0.5, 0.6) is 0 Å². The van der Waals surface area contributed by atoms with Crippen molar-refractivity contribution in [2.24, 2.45) is 0 Å². The molecule has 1 aromatic carbocycles. The summed E-state index contributed by atoms with van der Waals surface area (Å²) in [5, 5.41) is 42.6. The standard InChI is InChI=1S/C14H13Cl2NO8/c15-7-2-1-3-8(16)10(7)6(4-17(22)23)13(20)12(19)25-11-9(18)5-24-14(11,13)21/h1-3,6,9,11,18,20-21H,4-5H2/t6?,9-,11+,13+,14-/m0/s1.